The molecule has 2 aromatic rings. The third-order valence-electron chi connectivity index (χ3n) is 6.31. The van der Waals surface area contributed by atoms with Gasteiger partial charge in [0, 0.05) is 31.6 Å². The van der Waals surface area contributed by atoms with Crippen molar-refractivity contribution >= 4 is 28.5 Å². The maximum absolute atomic E-state index is 12.1. The molecule has 0 aliphatic carbocycles. The van der Waals surface area contributed by atoms with Crippen molar-refractivity contribution in [2.24, 2.45) is 12.5 Å². The Hall–Kier alpha value is -1.63. The molecule has 2 atom stereocenters. The predicted molar refractivity (Wildman–Crippen MR) is 101 cm³/mol. The van der Waals surface area contributed by atoms with Crippen LogP contribution in [-0.2, 0) is 18.4 Å². The van der Waals surface area contributed by atoms with E-state index in [1.807, 2.05) is 29.9 Å². The minimum absolute atomic E-state index is 0.0490. The highest BCUT2D eigenvalue weighted by Gasteiger charge is 2.52. The molecule has 26 heavy (non-hydrogen) atoms. The van der Waals surface area contributed by atoms with Gasteiger partial charge in [0.2, 0.25) is 0 Å². The molecule has 0 bridgehead atoms. The molecular weight excluding hydrogens is 352 g/mol. The normalized spacial score (nSPS) is 27.6. The molecule has 2 saturated heterocycles. The van der Waals surface area contributed by atoms with E-state index >= 15 is 0 Å². The summed E-state index contributed by atoms with van der Waals surface area (Å²) < 4.78 is 1.87. The van der Waals surface area contributed by atoms with Crippen molar-refractivity contribution in [1.29, 1.82) is 0 Å². The summed E-state index contributed by atoms with van der Waals surface area (Å²) in [5.41, 5.74) is 1.39. The number of hydrogen-bond donors (Lipinski definition) is 1. The first-order chi connectivity index (χ1) is 12.4. The van der Waals surface area contributed by atoms with Crippen molar-refractivity contribution in [3.05, 3.63) is 28.9 Å². The number of likely N-dealkylation sites (N-methyl/N-ethyl adjacent to an activating group) is 1. The largest absolute Gasteiger partial charge is 0.481 e. The number of halogens is 1. The first-order valence-corrected chi connectivity index (χ1v) is 9.56. The summed E-state index contributed by atoms with van der Waals surface area (Å²) in [6.07, 6.45) is 2.43. The van der Waals surface area contributed by atoms with Crippen LogP contribution < -0.4 is 0 Å². The zero-order valence-corrected chi connectivity index (χ0v) is 16.0. The monoisotopic (exact) mass is 376 g/mol. The third-order valence-corrected chi connectivity index (χ3v) is 6.62. The summed E-state index contributed by atoms with van der Waals surface area (Å²) in [5, 5.41) is 16.3. The van der Waals surface area contributed by atoms with Crippen LogP contribution in [0.15, 0.2) is 18.2 Å². The molecule has 7 heteroatoms. The molecule has 6 nitrogen and oxygen atoms in total. The van der Waals surface area contributed by atoms with Gasteiger partial charge in [0.15, 0.2) is 0 Å². The standard InChI is InChI=1S/C19H25ClN4O2/c1-22-9-4-7-19(18(25)26)8-10-24(12-16(19)22)11-14-17-13(20)5-3-6-15(17)23(2)21-14/h3,5-6,16H,4,7-12H2,1-2H3,(H,25,26)/t16-,19+/m1/s1. The lowest BCUT2D eigenvalue weighted by Gasteiger charge is -2.51. The number of aromatic nitrogens is 2. The molecule has 2 fully saturated rings. The first kappa shape index (κ1) is 17.8. The summed E-state index contributed by atoms with van der Waals surface area (Å²) >= 11 is 6.43. The van der Waals surface area contributed by atoms with Gasteiger partial charge in [-0.1, -0.05) is 17.7 Å². The number of carboxylic acids is 1. The fourth-order valence-corrected chi connectivity index (χ4v) is 5.14. The first-order valence-electron chi connectivity index (χ1n) is 9.18. The number of likely N-dealkylation sites (tertiary alicyclic amines) is 2. The maximum atomic E-state index is 12.1. The van der Waals surface area contributed by atoms with E-state index in [4.69, 9.17) is 11.6 Å². The van der Waals surface area contributed by atoms with Gasteiger partial charge in [-0.15, -0.1) is 0 Å². The molecule has 1 aromatic carbocycles. The van der Waals surface area contributed by atoms with Crippen LogP contribution in [0.25, 0.3) is 10.9 Å². The Morgan fingerprint density at radius 3 is 2.92 bits per heavy atom. The van der Waals surface area contributed by atoms with Crippen LogP contribution >= 0.6 is 11.6 Å². The lowest BCUT2D eigenvalue weighted by molar-refractivity contribution is -0.162. The van der Waals surface area contributed by atoms with Crippen molar-refractivity contribution in [1.82, 2.24) is 19.6 Å². The number of carbonyl (C=O) groups is 1. The van der Waals surface area contributed by atoms with E-state index in [0.29, 0.717) is 13.0 Å². The van der Waals surface area contributed by atoms with Gasteiger partial charge in [0.25, 0.3) is 0 Å². The number of hydrogen-bond acceptors (Lipinski definition) is 4. The zero-order chi connectivity index (χ0) is 18.5. The van der Waals surface area contributed by atoms with Crippen LogP contribution in [0, 0.1) is 5.41 Å². The van der Waals surface area contributed by atoms with Crippen molar-refractivity contribution in [3.63, 3.8) is 0 Å². The van der Waals surface area contributed by atoms with Gasteiger partial charge in [-0.2, -0.15) is 5.10 Å². The smallest absolute Gasteiger partial charge is 0.311 e. The fourth-order valence-electron chi connectivity index (χ4n) is 4.86. The lowest BCUT2D eigenvalue weighted by Crippen LogP contribution is -2.62. The van der Waals surface area contributed by atoms with Gasteiger partial charge in [-0.25, -0.2) is 0 Å². The van der Waals surface area contributed by atoms with E-state index in [0.717, 1.165) is 54.1 Å². The molecule has 2 aliphatic heterocycles. The highest BCUT2D eigenvalue weighted by atomic mass is 35.5. The minimum Gasteiger partial charge on any atom is -0.481 e. The molecule has 0 radical (unpaired) electrons. The van der Waals surface area contributed by atoms with Crippen molar-refractivity contribution in [2.45, 2.75) is 31.8 Å². The molecule has 2 aliphatic rings. The molecule has 1 aromatic heterocycles. The minimum atomic E-state index is -0.639. The third kappa shape index (κ3) is 2.71. The zero-order valence-electron chi connectivity index (χ0n) is 15.3. The van der Waals surface area contributed by atoms with Gasteiger partial charge in [-0.05, 0) is 51.5 Å². The molecule has 3 heterocycles. The van der Waals surface area contributed by atoms with Crippen molar-refractivity contribution in [2.75, 3.05) is 26.7 Å². The van der Waals surface area contributed by atoms with Gasteiger partial charge >= 0.3 is 5.97 Å². The molecule has 4 rings (SSSR count). The van der Waals surface area contributed by atoms with E-state index in [-0.39, 0.29) is 6.04 Å². The lowest BCUT2D eigenvalue weighted by atomic mass is 9.68. The number of fused-ring (bicyclic) bond motifs is 2. The molecule has 0 saturated carbocycles. The molecule has 140 valence electrons. The molecular formula is C19H25ClN4O2. The Morgan fingerprint density at radius 1 is 1.35 bits per heavy atom. The predicted octanol–water partition coefficient (Wildman–Crippen LogP) is 2.60. The SMILES string of the molecule is CN1CCC[C@]2(C(=O)O)CCN(Cc3nn(C)c4cccc(Cl)c34)C[C@@H]12. The number of benzene rings is 1. The second-order valence-electron chi connectivity index (χ2n) is 7.75. The maximum Gasteiger partial charge on any atom is 0.311 e. The Kier molecular flexibility index (Phi) is 4.45. The summed E-state index contributed by atoms with van der Waals surface area (Å²) in [6, 6.07) is 5.91. The van der Waals surface area contributed by atoms with Gasteiger partial charge in [-0.3, -0.25) is 14.4 Å². The van der Waals surface area contributed by atoms with Gasteiger partial charge in [0.05, 0.1) is 21.6 Å². The van der Waals surface area contributed by atoms with Gasteiger partial charge in [0.1, 0.15) is 0 Å². The summed E-state index contributed by atoms with van der Waals surface area (Å²) in [5.74, 6) is -0.639. The summed E-state index contributed by atoms with van der Waals surface area (Å²) in [4.78, 5) is 16.6. The van der Waals surface area contributed by atoms with Crippen LogP contribution in [0.5, 0.6) is 0 Å². The van der Waals surface area contributed by atoms with E-state index < -0.39 is 11.4 Å². The van der Waals surface area contributed by atoms with E-state index in [1.165, 1.54) is 0 Å². The highest BCUT2D eigenvalue weighted by molar-refractivity contribution is 6.35. The summed E-state index contributed by atoms with van der Waals surface area (Å²) in [7, 11) is 3.99. The van der Waals surface area contributed by atoms with Crippen molar-refractivity contribution in [3.8, 4) is 0 Å². The average molecular weight is 377 g/mol. The molecule has 1 N–H and O–H groups in total. The van der Waals surface area contributed by atoms with Gasteiger partial charge < -0.3 is 10.0 Å². The quantitative estimate of drug-likeness (QED) is 0.892. The molecule has 0 amide bonds. The number of piperidine rings is 2. The topological polar surface area (TPSA) is 61.6 Å². The van der Waals surface area contributed by atoms with Crippen molar-refractivity contribution < 1.29 is 9.90 Å². The van der Waals surface area contributed by atoms with Crippen LogP contribution in [-0.4, -0.2) is 63.4 Å². The number of nitrogens with zero attached hydrogens (tertiary/aromatic N) is 4. The van der Waals surface area contributed by atoms with E-state index in [1.54, 1.807) is 0 Å². The Balaban J connectivity index is 1.61. The Labute approximate surface area is 158 Å². The number of carboxylic acid groups (broad SMARTS) is 1. The van der Waals surface area contributed by atoms with E-state index in [9.17, 15) is 9.90 Å². The van der Waals surface area contributed by atoms with Crippen LogP contribution in [0.3, 0.4) is 0 Å². The van der Waals surface area contributed by atoms with E-state index in [2.05, 4.69) is 21.9 Å². The second kappa shape index (κ2) is 6.51. The number of aryl methyl sites for hydroxylation is 1. The van der Waals surface area contributed by atoms with Crippen LogP contribution in [0.4, 0.5) is 0 Å². The number of aliphatic carboxylic acids is 1. The molecule has 0 spiro atoms. The Bertz CT molecular complexity index is 851. The number of rotatable bonds is 3. The summed E-state index contributed by atoms with van der Waals surface area (Å²) in [6.45, 7) is 3.19. The fraction of sp³-hybridized carbons (Fsp3) is 0.579. The van der Waals surface area contributed by atoms with Crippen LogP contribution in [0.2, 0.25) is 5.02 Å². The van der Waals surface area contributed by atoms with Crippen LogP contribution in [0.1, 0.15) is 25.0 Å². The highest BCUT2D eigenvalue weighted by Crippen LogP contribution is 2.42. The Morgan fingerprint density at radius 2 is 2.15 bits per heavy atom. The second-order valence-corrected chi connectivity index (χ2v) is 8.16. The average Bonchev–Trinajstić information content (AvgIpc) is 2.93. The molecule has 0 unspecified atom stereocenters.